The van der Waals surface area contributed by atoms with Crippen LogP contribution in [0.2, 0.25) is 0 Å². The molecule has 2 heterocycles. The fraction of sp³-hybridized carbons (Fsp3) is 0.158. The van der Waals surface area contributed by atoms with Gasteiger partial charge in [0.1, 0.15) is 11.6 Å². The maximum absolute atomic E-state index is 11.6. The maximum atomic E-state index is 11.6. The number of hydrogen-bond donors (Lipinski definition) is 1. The third kappa shape index (κ3) is 7.66. The van der Waals surface area contributed by atoms with Gasteiger partial charge in [0.05, 0.1) is 33.5 Å². The first kappa shape index (κ1) is 31.8. The van der Waals surface area contributed by atoms with E-state index in [1.165, 1.54) is 5.56 Å². The second-order valence-corrected chi connectivity index (χ2v) is 17.6. The van der Waals surface area contributed by atoms with Crippen LogP contribution in [-0.2, 0) is 10.8 Å². The minimum atomic E-state index is -2.82. The Balaban J connectivity index is 1.32. The third-order valence-corrected chi connectivity index (χ3v) is 11.3. The Labute approximate surface area is 369 Å². The number of fused-ring (bicyclic) bond motifs is 1. The molecule has 4 heteroatoms. The Hall–Kier alpha value is -7.04. The summed E-state index contributed by atoms with van der Waals surface area (Å²) in [5, 5.41) is 11.6. The summed E-state index contributed by atoms with van der Waals surface area (Å²) in [6.07, 6.45) is 1.57. The molecule has 4 nitrogen and oxygen atoms in total. The largest absolute Gasteiger partial charge is 0.507 e. The van der Waals surface area contributed by atoms with Crippen molar-refractivity contribution in [3.8, 4) is 78.6 Å². The molecule has 7 aromatic carbocycles. The van der Waals surface area contributed by atoms with E-state index in [-0.39, 0.29) is 22.1 Å². The molecule has 0 unspecified atom stereocenters. The van der Waals surface area contributed by atoms with Crippen molar-refractivity contribution >= 4 is 11.0 Å². The first-order chi connectivity index (χ1) is 32.2. The van der Waals surface area contributed by atoms with E-state index in [1.807, 2.05) is 48.5 Å². The summed E-state index contributed by atoms with van der Waals surface area (Å²) in [6, 6.07) is 46.4. The predicted molar refractivity (Wildman–Crippen MR) is 255 cm³/mol. The summed E-state index contributed by atoms with van der Waals surface area (Å²) >= 11 is 0. The molecule has 300 valence electrons. The molecule has 9 rings (SSSR count). The summed E-state index contributed by atoms with van der Waals surface area (Å²) in [4.78, 5) is 10.2. The van der Waals surface area contributed by atoms with Crippen LogP contribution in [0.3, 0.4) is 0 Å². The Bertz CT molecular complexity index is 3370. The third-order valence-electron chi connectivity index (χ3n) is 11.3. The van der Waals surface area contributed by atoms with Crippen molar-refractivity contribution in [1.82, 2.24) is 14.5 Å². The van der Waals surface area contributed by atoms with Crippen LogP contribution in [0.15, 0.2) is 176 Å². The number of phenols is 1. The molecule has 0 bridgehead atoms. The van der Waals surface area contributed by atoms with E-state index in [0.29, 0.717) is 28.2 Å². The minimum Gasteiger partial charge on any atom is -0.507 e. The SMILES string of the molecule is [2H]c1c([2H])c(C([2H])([2H])[2H])c([2H])c([2H])c1-c1ccnc(-c2cc(-c3cccc4c3nc(-c3ccccc3O)n4-c3cc(-c4ccccc4)c(C(C)(C)C)cc3-c3ccccc3)cc(C(C)(C)C)c2)c1. The summed E-state index contributed by atoms with van der Waals surface area (Å²) in [5.74, 6) is 0.662. The van der Waals surface area contributed by atoms with Gasteiger partial charge in [-0.2, -0.15) is 0 Å². The fourth-order valence-electron chi connectivity index (χ4n) is 8.08. The molecular weight excluding hydrogens is 743 g/mol. The van der Waals surface area contributed by atoms with E-state index < -0.39 is 36.6 Å². The molecule has 9 aromatic rings. The van der Waals surface area contributed by atoms with Crippen LogP contribution in [0.1, 0.15) is 67.8 Å². The zero-order valence-electron chi connectivity index (χ0n) is 42.2. The molecule has 0 aliphatic heterocycles. The molecule has 61 heavy (non-hydrogen) atoms. The van der Waals surface area contributed by atoms with Crippen LogP contribution in [0, 0.1) is 6.85 Å². The van der Waals surface area contributed by atoms with Crippen LogP contribution in [0.5, 0.6) is 5.75 Å². The van der Waals surface area contributed by atoms with Crippen LogP contribution in [0.4, 0.5) is 0 Å². The molecule has 1 N–H and O–H groups in total. The number of nitrogens with zero attached hydrogens (tertiary/aromatic N) is 3. The normalized spacial score (nSPS) is 13.8. The lowest BCUT2D eigenvalue weighted by molar-refractivity contribution is 0.477. The minimum absolute atomic E-state index is 0.00308. The summed E-state index contributed by atoms with van der Waals surface area (Å²) in [5.41, 5.74) is 11.6. The molecule has 0 spiro atoms. The number of imidazole rings is 1. The highest BCUT2D eigenvalue weighted by Crippen LogP contribution is 2.45. The molecule has 0 atom stereocenters. The molecule has 0 aliphatic carbocycles. The van der Waals surface area contributed by atoms with Gasteiger partial charge in [0.2, 0.25) is 0 Å². The number of aromatic hydroxyl groups is 1. The predicted octanol–water partition coefficient (Wildman–Crippen LogP) is 15.0. The lowest BCUT2D eigenvalue weighted by Crippen LogP contribution is -2.14. The van der Waals surface area contributed by atoms with Gasteiger partial charge < -0.3 is 5.11 Å². The number of phenolic OH excluding ortho intramolecular Hbond substituents is 1. The second kappa shape index (κ2) is 15.5. The van der Waals surface area contributed by atoms with Gasteiger partial charge in [-0.1, -0.05) is 162 Å². The summed E-state index contributed by atoms with van der Waals surface area (Å²) in [6.45, 7) is 10.3. The van der Waals surface area contributed by atoms with Gasteiger partial charge in [-0.05, 0) is 117 Å². The zero-order valence-corrected chi connectivity index (χ0v) is 35.2. The molecule has 0 radical (unpaired) electrons. The number of para-hydroxylation sites is 2. The Morgan fingerprint density at radius 1 is 0.541 bits per heavy atom. The smallest absolute Gasteiger partial charge is 0.149 e. The van der Waals surface area contributed by atoms with Crippen LogP contribution in [0.25, 0.3) is 83.9 Å². The van der Waals surface area contributed by atoms with Crippen molar-refractivity contribution < 1.29 is 14.7 Å². The molecule has 2 aromatic heterocycles. The van der Waals surface area contributed by atoms with Crippen LogP contribution < -0.4 is 0 Å². The van der Waals surface area contributed by atoms with Gasteiger partial charge in [-0.25, -0.2) is 4.98 Å². The van der Waals surface area contributed by atoms with Crippen molar-refractivity contribution in [3.05, 3.63) is 193 Å². The lowest BCUT2D eigenvalue weighted by atomic mass is 9.79. The quantitative estimate of drug-likeness (QED) is 0.175. The zero-order chi connectivity index (χ0) is 48.4. The Morgan fingerprint density at radius 2 is 1.20 bits per heavy atom. The van der Waals surface area contributed by atoms with E-state index in [2.05, 4.69) is 119 Å². The van der Waals surface area contributed by atoms with Gasteiger partial charge in [0.15, 0.2) is 0 Å². The highest BCUT2D eigenvalue weighted by Gasteiger charge is 2.27. The Morgan fingerprint density at radius 3 is 1.87 bits per heavy atom. The van der Waals surface area contributed by atoms with E-state index in [1.54, 1.807) is 30.5 Å². The van der Waals surface area contributed by atoms with E-state index in [9.17, 15) is 5.11 Å². The second-order valence-electron chi connectivity index (χ2n) is 17.6. The van der Waals surface area contributed by atoms with E-state index in [4.69, 9.17) is 19.6 Å². The molecule has 0 saturated heterocycles. The first-order valence-corrected chi connectivity index (χ1v) is 20.6. The standard InChI is InChI=1S/C57H51N3O/c1-37-25-27-38(28-26-37)41-29-30-58-50(34-41)43-31-42(32-44(33-43)56(2,3)4)45-22-16-23-51-54(45)59-55(46-21-14-15-24-53(46)61)60(51)52-36-47(39-17-10-8-11-18-39)49(57(5,6)7)35-48(52)40-19-12-9-13-20-40/h8-36,61H,1-7H3/i1D3,25D,26D,27D,28D. The number of benzene rings is 7. The van der Waals surface area contributed by atoms with E-state index in [0.717, 1.165) is 55.7 Å². The maximum Gasteiger partial charge on any atom is 0.149 e. The van der Waals surface area contributed by atoms with Gasteiger partial charge in [0, 0.05) is 27.0 Å². The average molecular weight is 801 g/mol. The van der Waals surface area contributed by atoms with Crippen LogP contribution in [-0.4, -0.2) is 19.6 Å². The number of rotatable bonds is 7. The Kier molecular flexibility index (Phi) is 8.10. The van der Waals surface area contributed by atoms with Crippen LogP contribution >= 0.6 is 0 Å². The van der Waals surface area contributed by atoms with Crippen molar-refractivity contribution in [2.24, 2.45) is 0 Å². The monoisotopic (exact) mass is 800 g/mol. The molecule has 0 fully saturated rings. The van der Waals surface area contributed by atoms with Gasteiger partial charge in [0.25, 0.3) is 0 Å². The van der Waals surface area contributed by atoms with Gasteiger partial charge in [-0.15, -0.1) is 0 Å². The van der Waals surface area contributed by atoms with Crippen molar-refractivity contribution in [3.63, 3.8) is 0 Å². The first-order valence-electron chi connectivity index (χ1n) is 24.1. The number of pyridine rings is 1. The highest BCUT2D eigenvalue weighted by molar-refractivity contribution is 5.98. The highest BCUT2D eigenvalue weighted by atomic mass is 16.3. The molecule has 0 amide bonds. The topological polar surface area (TPSA) is 50.9 Å². The van der Waals surface area contributed by atoms with Gasteiger partial charge in [-0.3, -0.25) is 9.55 Å². The number of aromatic nitrogens is 3. The van der Waals surface area contributed by atoms with E-state index >= 15 is 0 Å². The number of hydrogen-bond acceptors (Lipinski definition) is 3. The average Bonchev–Trinajstić information content (AvgIpc) is 3.70. The lowest BCUT2D eigenvalue weighted by Gasteiger charge is -2.27. The van der Waals surface area contributed by atoms with Crippen molar-refractivity contribution in [2.45, 2.75) is 59.2 Å². The molecule has 0 aliphatic rings. The summed E-state index contributed by atoms with van der Waals surface area (Å²) < 4.78 is 60.7. The fourth-order valence-corrected chi connectivity index (χ4v) is 8.08. The summed E-state index contributed by atoms with van der Waals surface area (Å²) in [7, 11) is 0. The molecular formula is C57H51N3O. The van der Waals surface area contributed by atoms with Crippen molar-refractivity contribution in [1.29, 1.82) is 0 Å². The molecule has 0 saturated carbocycles. The van der Waals surface area contributed by atoms with Gasteiger partial charge >= 0.3 is 0 Å². The van der Waals surface area contributed by atoms with Crippen molar-refractivity contribution in [2.75, 3.05) is 0 Å².